The number of nitrogens with zero attached hydrogens (tertiary/aromatic N) is 3. The first-order valence-corrected chi connectivity index (χ1v) is 29.2. The molecular weight excluding hydrogens is 1050 g/mol. The molecule has 1 saturated heterocycles. The van der Waals surface area contributed by atoms with Crippen molar-refractivity contribution in [2.75, 3.05) is 55.0 Å². The molecule has 19 nitrogen and oxygen atoms in total. The van der Waals surface area contributed by atoms with E-state index >= 15 is 0 Å². The van der Waals surface area contributed by atoms with Gasteiger partial charge in [0.15, 0.2) is 17.3 Å². The maximum Gasteiger partial charge on any atom is 0.407 e. The Labute approximate surface area is 488 Å². The molecule has 0 bridgehead atoms. The monoisotopic (exact) mass is 1150 g/mol. The maximum absolute atomic E-state index is 14.4. The highest BCUT2D eigenvalue weighted by molar-refractivity contribution is 5.95. The Bertz CT molecular complexity index is 2340. The van der Waals surface area contributed by atoms with E-state index in [4.69, 9.17) is 9.84 Å². The minimum Gasteiger partial charge on any atom is -0.449 e. The molecule has 2 aliphatic rings. The number of alkyl carbamates (subject to hydrolysis) is 1. The molecule has 6 amide bonds. The van der Waals surface area contributed by atoms with Crippen LogP contribution < -0.4 is 16.0 Å². The highest BCUT2D eigenvalue weighted by Crippen LogP contribution is 2.38. The average molecular weight is 1150 g/mol. The lowest BCUT2D eigenvalue weighted by Gasteiger charge is -2.35. The number of aliphatic hydroxyl groups excluding tert-OH is 3. The van der Waals surface area contributed by atoms with Crippen molar-refractivity contribution in [3.63, 3.8) is 0 Å². The minimum absolute atomic E-state index is 0.00104. The molecule has 19 heteroatoms. The number of carbonyl (C=O) groups excluding carboxylic acids is 9. The van der Waals surface area contributed by atoms with Crippen molar-refractivity contribution >= 4 is 53.0 Å². The van der Waals surface area contributed by atoms with Crippen LogP contribution in [-0.4, -0.2) is 162 Å². The van der Waals surface area contributed by atoms with Crippen LogP contribution in [0.25, 0.3) is 0 Å². The normalized spacial score (nSPS) is 17.5. The smallest absolute Gasteiger partial charge is 0.407 e. The summed E-state index contributed by atoms with van der Waals surface area (Å²) in [6.45, 7) is 18.0. The lowest BCUT2D eigenvalue weighted by Crippen LogP contribution is -2.55. The lowest BCUT2D eigenvalue weighted by molar-refractivity contribution is -0.142. The Morgan fingerprint density at radius 2 is 1.23 bits per heavy atom. The van der Waals surface area contributed by atoms with Crippen LogP contribution in [0.4, 0.5) is 4.79 Å². The summed E-state index contributed by atoms with van der Waals surface area (Å²) in [5, 5.41) is 36.5. The maximum atomic E-state index is 14.4. The van der Waals surface area contributed by atoms with Gasteiger partial charge in [-0.15, -0.1) is 0 Å². The number of benzene rings is 2. The highest BCUT2D eigenvalue weighted by Gasteiger charge is 2.47. The Hall–Kier alpha value is -6.05. The van der Waals surface area contributed by atoms with Gasteiger partial charge in [-0.05, 0) is 84.2 Å². The quantitative estimate of drug-likeness (QED) is 0.0512. The molecule has 82 heavy (non-hydrogen) atoms. The van der Waals surface area contributed by atoms with Crippen molar-refractivity contribution < 1.29 is 63.2 Å². The molecule has 1 heterocycles. The third kappa shape index (κ3) is 24.4. The highest BCUT2D eigenvalue weighted by atomic mass is 16.5. The van der Waals surface area contributed by atoms with Crippen LogP contribution >= 0.6 is 0 Å². The summed E-state index contributed by atoms with van der Waals surface area (Å²) in [5.74, 6) is -3.90. The van der Waals surface area contributed by atoms with Crippen LogP contribution in [0.3, 0.4) is 0 Å². The predicted octanol–water partition coefficient (Wildman–Crippen LogP) is 6.81. The number of aliphatic hydroxyl groups is 3. The molecule has 0 aromatic heterocycles. The van der Waals surface area contributed by atoms with E-state index in [0.29, 0.717) is 30.9 Å². The zero-order chi connectivity index (χ0) is 62.0. The fourth-order valence-electron chi connectivity index (χ4n) is 10.7. The molecule has 1 aliphatic heterocycles. The van der Waals surface area contributed by atoms with Gasteiger partial charge in [0.2, 0.25) is 29.5 Å². The van der Waals surface area contributed by atoms with Gasteiger partial charge in [-0.1, -0.05) is 142 Å². The fourth-order valence-corrected chi connectivity index (χ4v) is 10.7. The number of likely N-dealkylation sites (N-methyl/N-ethyl adjacent to an activating group) is 2. The Kier molecular flexibility index (Phi) is 31.5. The van der Waals surface area contributed by atoms with Gasteiger partial charge in [-0.25, -0.2) is 4.79 Å². The zero-order valence-electron chi connectivity index (χ0n) is 51.6. The molecule has 2 aromatic carbocycles. The second-order valence-corrected chi connectivity index (χ2v) is 24.7. The van der Waals surface area contributed by atoms with E-state index in [2.05, 4.69) is 16.0 Å². The summed E-state index contributed by atoms with van der Waals surface area (Å²) in [6, 6.07) is 15.4. The molecule has 0 radical (unpaired) electrons. The number of ether oxygens (including phenoxy) is 1. The topological polar surface area (TPSA) is 269 Å². The van der Waals surface area contributed by atoms with Crippen LogP contribution in [-0.2, 0) is 43.1 Å². The van der Waals surface area contributed by atoms with Gasteiger partial charge in [-0.3, -0.25) is 38.4 Å². The van der Waals surface area contributed by atoms with Gasteiger partial charge in [0.1, 0.15) is 24.3 Å². The lowest BCUT2D eigenvalue weighted by atomic mass is 9.82. The third-order valence-electron chi connectivity index (χ3n) is 14.8. The van der Waals surface area contributed by atoms with Crippen molar-refractivity contribution in [3.05, 3.63) is 71.8 Å². The van der Waals surface area contributed by atoms with E-state index in [0.717, 1.165) is 51.2 Å². The molecule has 2 fully saturated rings. The van der Waals surface area contributed by atoms with Crippen LogP contribution in [0.15, 0.2) is 60.7 Å². The molecule has 1 saturated carbocycles. The number of hydrogen-bond acceptors (Lipinski definition) is 13. The standard InChI is InChI=1S/C41H64N4O8.C21H32N2O4.CH4O/c1-26(2)21-30(37(49)32(46)19-20-34(48)42-35(38(50)44(7)8)28-15-11-9-12-16-28)22-33(47)31-23-41(5,6)25-45(31)39(51)36(29-17-13-10-14-18-29)43-40(52)53-24-27(3)4;1-14(2)11-15(3)19(25)20(26)22-13-17(24)12-18(21(27)23(4)5)16-9-7-6-8-10-16;1-2/h9,11-12,15-16,26-27,29-31,35-37,49H,10,13-14,17-25H2,1-8H3,(H,42,48)(H,43,52);6-10,14-15,18-19,25H,11-13H2,1-5H3,(H,22,26);2H,1H3/t30-,31?,35+,36+,37?;15?,18-,19?;/m10./s1. The van der Waals surface area contributed by atoms with Crippen molar-refractivity contribution in [2.45, 2.75) is 176 Å². The summed E-state index contributed by atoms with van der Waals surface area (Å²) >= 11 is 0. The number of nitrogens with one attached hydrogen (secondary N) is 3. The number of hydrogen-bond donors (Lipinski definition) is 6. The minimum atomic E-state index is -1.49. The van der Waals surface area contributed by atoms with Crippen molar-refractivity contribution in [1.82, 2.24) is 30.7 Å². The van der Waals surface area contributed by atoms with Gasteiger partial charge in [-0.2, -0.15) is 0 Å². The molecule has 460 valence electrons. The first-order chi connectivity index (χ1) is 38.5. The third-order valence-corrected chi connectivity index (χ3v) is 14.8. The van der Waals surface area contributed by atoms with Crippen LogP contribution in [0.1, 0.15) is 162 Å². The first-order valence-electron chi connectivity index (χ1n) is 29.2. The molecule has 4 unspecified atom stereocenters. The van der Waals surface area contributed by atoms with E-state index < -0.39 is 65.9 Å². The molecular formula is C63H100N6O13. The zero-order valence-corrected chi connectivity index (χ0v) is 51.6. The molecule has 2 aromatic rings. The SMILES string of the molecule is CC(C)CC(C)C(O)C(=O)NCC(=O)C[C@H](C(=O)N(C)C)c1ccccc1.CC(C)COC(=O)N[C@H](C(=O)N1CC(C)(C)CC1C(=O)C[C@@H](CC(C)C)C(O)C(=O)CCC(=O)N[C@H](C(=O)N(C)C)c1ccccc1)C1CCCCC1.CO. The number of ketones is 3. The molecule has 1 aliphatic carbocycles. The van der Waals surface area contributed by atoms with Crippen LogP contribution in [0, 0.1) is 40.9 Å². The largest absolute Gasteiger partial charge is 0.449 e. The van der Waals surface area contributed by atoms with E-state index in [1.165, 1.54) is 9.80 Å². The van der Waals surface area contributed by atoms with Gasteiger partial charge >= 0.3 is 6.09 Å². The van der Waals surface area contributed by atoms with Gasteiger partial charge in [0.25, 0.3) is 0 Å². The Morgan fingerprint density at radius 3 is 1.76 bits per heavy atom. The first kappa shape index (κ1) is 72.1. The van der Waals surface area contributed by atoms with Gasteiger partial charge in [0, 0.05) is 67.5 Å². The molecule has 0 spiro atoms. The predicted molar refractivity (Wildman–Crippen MR) is 316 cm³/mol. The van der Waals surface area contributed by atoms with Crippen molar-refractivity contribution in [1.29, 1.82) is 0 Å². The fraction of sp³-hybridized carbons (Fsp3) is 0.667. The van der Waals surface area contributed by atoms with Crippen molar-refractivity contribution in [3.8, 4) is 0 Å². The second-order valence-electron chi connectivity index (χ2n) is 24.7. The second kappa shape index (κ2) is 35.8. The summed E-state index contributed by atoms with van der Waals surface area (Å²) < 4.78 is 5.40. The summed E-state index contributed by atoms with van der Waals surface area (Å²) in [5.41, 5.74) is 1.00. The summed E-state index contributed by atoms with van der Waals surface area (Å²) in [4.78, 5) is 122. The number of Topliss-reactive ketones (excluding diaryl/α,β-unsaturated/α-hetero) is 3. The average Bonchev–Trinajstić information content (AvgIpc) is 4.06. The molecule has 4 rings (SSSR count). The van der Waals surface area contributed by atoms with E-state index in [1.54, 1.807) is 57.4 Å². The van der Waals surface area contributed by atoms with E-state index in [-0.39, 0.29) is 97.2 Å². The molecule has 8 atom stereocenters. The number of carbonyl (C=O) groups is 9. The molecule has 6 N–H and O–H groups in total. The summed E-state index contributed by atoms with van der Waals surface area (Å²) in [7, 11) is 7.49. The van der Waals surface area contributed by atoms with Crippen LogP contribution in [0.5, 0.6) is 0 Å². The summed E-state index contributed by atoms with van der Waals surface area (Å²) in [6.07, 6.45) is 2.18. The number of likely N-dealkylation sites (tertiary alicyclic amines) is 1. The van der Waals surface area contributed by atoms with E-state index in [1.807, 2.05) is 98.7 Å². The Balaban J connectivity index is 0.000000664. The van der Waals surface area contributed by atoms with Crippen LogP contribution in [0.2, 0.25) is 0 Å². The van der Waals surface area contributed by atoms with Gasteiger partial charge < -0.3 is 50.7 Å². The van der Waals surface area contributed by atoms with Crippen molar-refractivity contribution in [2.24, 2.45) is 40.9 Å². The Morgan fingerprint density at radius 1 is 0.683 bits per heavy atom. The van der Waals surface area contributed by atoms with E-state index in [9.17, 15) is 53.4 Å². The van der Waals surface area contributed by atoms with Gasteiger partial charge in [0.05, 0.1) is 25.1 Å². The number of amides is 6. The number of rotatable bonds is 28.